The highest BCUT2D eigenvalue weighted by Crippen LogP contribution is 2.19. The standard InChI is InChI=1S/C64H124O6/c1-5-8-10-12-14-16-18-20-22-24-26-31-35-39-43-47-51-55-62(65)68-58-61(70-64(67)57-53-49-45-41-37-33-27-25-23-21-19-17-15-13-11-9-6-2)59-69-63(66)56-52-48-44-40-36-32-29-28-30-34-38-42-46-50-54-60(4)7-3/h60-61H,5-59H2,1-4H3/t60?,61-/m1/s1. The number of hydrogen-bond acceptors (Lipinski definition) is 6. The van der Waals surface area contributed by atoms with Gasteiger partial charge >= 0.3 is 17.9 Å². The molecule has 0 N–H and O–H groups in total. The number of carbonyl (C=O) groups is 3. The van der Waals surface area contributed by atoms with Gasteiger partial charge in [0.25, 0.3) is 0 Å². The van der Waals surface area contributed by atoms with Gasteiger partial charge in [0, 0.05) is 19.3 Å². The van der Waals surface area contributed by atoms with E-state index in [0.29, 0.717) is 19.3 Å². The molecule has 0 saturated heterocycles. The van der Waals surface area contributed by atoms with Gasteiger partial charge in [-0.3, -0.25) is 14.4 Å². The summed E-state index contributed by atoms with van der Waals surface area (Å²) in [5.74, 6) is 0.0685. The SMILES string of the molecule is CCCCCCCCCCCCCCCCCCCC(=O)OC[C@H](COC(=O)CCCCCCCCCCCCCCCCC(C)CC)OC(=O)CCCCCCCCCCCCCCCCCCC. The molecule has 6 heteroatoms. The van der Waals surface area contributed by atoms with Crippen LogP contribution in [0.4, 0.5) is 0 Å². The van der Waals surface area contributed by atoms with Crippen LogP contribution in [0.3, 0.4) is 0 Å². The maximum atomic E-state index is 12.9. The predicted molar refractivity (Wildman–Crippen MR) is 303 cm³/mol. The first-order valence-electron chi connectivity index (χ1n) is 31.9. The van der Waals surface area contributed by atoms with E-state index in [1.807, 2.05) is 0 Å². The average molecular weight is 990 g/mol. The summed E-state index contributed by atoms with van der Waals surface area (Å²) in [5.41, 5.74) is 0. The number of rotatable bonds is 59. The third kappa shape index (κ3) is 55.7. The van der Waals surface area contributed by atoms with E-state index in [2.05, 4.69) is 27.7 Å². The second-order valence-corrected chi connectivity index (χ2v) is 22.3. The molecule has 0 amide bonds. The third-order valence-electron chi connectivity index (χ3n) is 15.2. The van der Waals surface area contributed by atoms with E-state index in [1.165, 1.54) is 263 Å². The highest BCUT2D eigenvalue weighted by molar-refractivity contribution is 5.71. The summed E-state index contributed by atoms with van der Waals surface area (Å²) in [6, 6.07) is 0. The lowest BCUT2D eigenvalue weighted by Gasteiger charge is -2.18. The molecule has 0 rings (SSSR count). The largest absolute Gasteiger partial charge is 0.462 e. The van der Waals surface area contributed by atoms with Crippen LogP contribution in [-0.2, 0) is 28.6 Å². The van der Waals surface area contributed by atoms with Crippen molar-refractivity contribution in [2.75, 3.05) is 13.2 Å². The highest BCUT2D eigenvalue weighted by Gasteiger charge is 2.19. The Morgan fingerprint density at radius 1 is 0.286 bits per heavy atom. The van der Waals surface area contributed by atoms with E-state index in [1.54, 1.807) is 0 Å². The summed E-state index contributed by atoms with van der Waals surface area (Å²) in [5, 5.41) is 0. The van der Waals surface area contributed by atoms with Crippen molar-refractivity contribution in [3.8, 4) is 0 Å². The van der Waals surface area contributed by atoms with Crippen LogP contribution in [0.25, 0.3) is 0 Å². The van der Waals surface area contributed by atoms with Crippen molar-refractivity contribution in [2.45, 2.75) is 374 Å². The summed E-state index contributed by atoms with van der Waals surface area (Å²) >= 11 is 0. The van der Waals surface area contributed by atoms with Crippen molar-refractivity contribution in [1.29, 1.82) is 0 Å². The van der Waals surface area contributed by atoms with Gasteiger partial charge in [-0.2, -0.15) is 0 Å². The molecule has 0 aromatic carbocycles. The summed E-state index contributed by atoms with van der Waals surface area (Å²) in [7, 11) is 0. The van der Waals surface area contributed by atoms with Crippen LogP contribution < -0.4 is 0 Å². The van der Waals surface area contributed by atoms with Crippen molar-refractivity contribution < 1.29 is 28.6 Å². The number of hydrogen-bond donors (Lipinski definition) is 0. The quantitative estimate of drug-likeness (QED) is 0.0343. The van der Waals surface area contributed by atoms with Crippen LogP contribution in [0.1, 0.15) is 368 Å². The monoisotopic (exact) mass is 989 g/mol. The zero-order chi connectivity index (χ0) is 50.9. The number of ether oxygens (including phenoxy) is 3. The second-order valence-electron chi connectivity index (χ2n) is 22.3. The first kappa shape index (κ1) is 68.4. The van der Waals surface area contributed by atoms with E-state index in [9.17, 15) is 14.4 Å². The van der Waals surface area contributed by atoms with Crippen LogP contribution in [0.2, 0.25) is 0 Å². The minimum Gasteiger partial charge on any atom is -0.462 e. The average Bonchev–Trinajstić information content (AvgIpc) is 3.36. The maximum absolute atomic E-state index is 12.9. The number of esters is 3. The first-order valence-corrected chi connectivity index (χ1v) is 31.9. The number of carbonyl (C=O) groups excluding carboxylic acids is 3. The van der Waals surface area contributed by atoms with Crippen LogP contribution in [0.5, 0.6) is 0 Å². The van der Waals surface area contributed by atoms with Crippen LogP contribution in [0, 0.1) is 5.92 Å². The molecule has 0 fully saturated rings. The van der Waals surface area contributed by atoms with Gasteiger partial charge in [0.15, 0.2) is 6.10 Å². The smallest absolute Gasteiger partial charge is 0.306 e. The molecular formula is C64H124O6. The van der Waals surface area contributed by atoms with Gasteiger partial charge < -0.3 is 14.2 Å². The van der Waals surface area contributed by atoms with Crippen LogP contribution >= 0.6 is 0 Å². The van der Waals surface area contributed by atoms with Crippen molar-refractivity contribution in [3.63, 3.8) is 0 Å². The first-order chi connectivity index (χ1) is 34.4. The van der Waals surface area contributed by atoms with E-state index in [-0.39, 0.29) is 31.1 Å². The maximum Gasteiger partial charge on any atom is 0.306 e. The Hall–Kier alpha value is -1.59. The van der Waals surface area contributed by atoms with Crippen molar-refractivity contribution >= 4 is 17.9 Å². The molecule has 0 aliphatic heterocycles. The molecular weight excluding hydrogens is 865 g/mol. The van der Waals surface area contributed by atoms with E-state index in [4.69, 9.17) is 14.2 Å². The summed E-state index contributed by atoms with van der Waals surface area (Å²) < 4.78 is 17.0. The van der Waals surface area contributed by atoms with Crippen LogP contribution in [0.15, 0.2) is 0 Å². The van der Waals surface area contributed by atoms with Crippen molar-refractivity contribution in [2.24, 2.45) is 5.92 Å². The molecule has 6 nitrogen and oxygen atoms in total. The van der Waals surface area contributed by atoms with Gasteiger partial charge in [-0.25, -0.2) is 0 Å². The lowest BCUT2D eigenvalue weighted by atomic mass is 9.99. The topological polar surface area (TPSA) is 78.9 Å². The molecule has 0 spiro atoms. The zero-order valence-corrected chi connectivity index (χ0v) is 48.0. The highest BCUT2D eigenvalue weighted by atomic mass is 16.6. The van der Waals surface area contributed by atoms with E-state index < -0.39 is 6.10 Å². The van der Waals surface area contributed by atoms with Gasteiger partial charge in [-0.05, 0) is 25.2 Å². The molecule has 0 aliphatic carbocycles. The molecule has 1 unspecified atom stereocenters. The Balaban J connectivity index is 4.29. The fraction of sp³-hybridized carbons (Fsp3) is 0.953. The van der Waals surface area contributed by atoms with Gasteiger partial charge in [-0.1, -0.05) is 329 Å². The molecule has 0 aromatic rings. The molecule has 0 bridgehead atoms. The molecule has 0 radical (unpaired) electrons. The molecule has 0 saturated carbocycles. The lowest BCUT2D eigenvalue weighted by molar-refractivity contribution is -0.167. The van der Waals surface area contributed by atoms with E-state index >= 15 is 0 Å². The minimum atomic E-state index is -0.763. The Morgan fingerprint density at radius 2 is 0.500 bits per heavy atom. The normalized spacial score (nSPS) is 12.3. The lowest BCUT2D eigenvalue weighted by Crippen LogP contribution is -2.30. The predicted octanol–water partition coefficient (Wildman–Crippen LogP) is 21.4. The molecule has 70 heavy (non-hydrogen) atoms. The van der Waals surface area contributed by atoms with Gasteiger partial charge in [0.2, 0.25) is 0 Å². The van der Waals surface area contributed by atoms with E-state index in [0.717, 1.165) is 63.7 Å². The van der Waals surface area contributed by atoms with Gasteiger partial charge in [0.1, 0.15) is 13.2 Å². The Labute approximate surface area is 438 Å². The number of unbranched alkanes of at least 4 members (excludes halogenated alkanes) is 45. The molecule has 416 valence electrons. The fourth-order valence-electron chi connectivity index (χ4n) is 9.95. The Morgan fingerprint density at radius 3 is 0.743 bits per heavy atom. The third-order valence-corrected chi connectivity index (χ3v) is 15.2. The van der Waals surface area contributed by atoms with Crippen molar-refractivity contribution in [1.82, 2.24) is 0 Å². The molecule has 2 atom stereocenters. The summed E-state index contributed by atoms with van der Waals surface area (Å²) in [4.78, 5) is 38.3. The molecule has 0 heterocycles. The van der Waals surface area contributed by atoms with Gasteiger partial charge in [0.05, 0.1) is 0 Å². The minimum absolute atomic E-state index is 0.0611. The summed E-state index contributed by atoms with van der Waals surface area (Å²) in [6.45, 7) is 9.12. The van der Waals surface area contributed by atoms with Gasteiger partial charge in [-0.15, -0.1) is 0 Å². The van der Waals surface area contributed by atoms with Crippen LogP contribution in [-0.4, -0.2) is 37.2 Å². The Bertz CT molecular complexity index is 1060. The molecule has 0 aromatic heterocycles. The van der Waals surface area contributed by atoms with Crippen molar-refractivity contribution in [3.05, 3.63) is 0 Å². The molecule has 0 aliphatic rings. The fourth-order valence-corrected chi connectivity index (χ4v) is 9.95. The second kappa shape index (κ2) is 58.3. The zero-order valence-electron chi connectivity index (χ0n) is 48.0. The Kier molecular flexibility index (Phi) is 57.0. The summed E-state index contributed by atoms with van der Waals surface area (Å²) in [6.07, 6.45) is 65.2.